The van der Waals surface area contributed by atoms with Gasteiger partial charge in [0.1, 0.15) is 5.15 Å². The van der Waals surface area contributed by atoms with Gasteiger partial charge in [-0.25, -0.2) is 18.1 Å². The second kappa shape index (κ2) is 7.54. The number of aryl methyl sites for hydroxylation is 1. The highest BCUT2D eigenvalue weighted by Gasteiger charge is 2.14. The number of halogens is 1. The number of carbonyl (C=O) groups is 1. The smallest absolute Gasteiger partial charge is 0.254 e. The summed E-state index contributed by atoms with van der Waals surface area (Å²) in [5.41, 5.74) is 1.22. The molecule has 2 N–H and O–H groups in total. The summed E-state index contributed by atoms with van der Waals surface area (Å²) in [7, 11) is -3.59. The lowest BCUT2D eigenvalue weighted by Gasteiger charge is -2.08. The summed E-state index contributed by atoms with van der Waals surface area (Å²) in [6.45, 7) is 2.08. The molecule has 122 valence electrons. The fraction of sp³-hybridized carbons (Fsp3) is 0.200. The lowest BCUT2D eigenvalue weighted by molar-refractivity contribution is 0.0954. The molecule has 0 saturated carbocycles. The lowest BCUT2D eigenvalue weighted by Crippen LogP contribution is -2.34. The van der Waals surface area contributed by atoms with Crippen LogP contribution in [-0.4, -0.2) is 32.4 Å². The van der Waals surface area contributed by atoms with E-state index in [0.29, 0.717) is 0 Å². The van der Waals surface area contributed by atoms with Crippen LogP contribution in [0.15, 0.2) is 47.5 Å². The summed E-state index contributed by atoms with van der Waals surface area (Å²) in [5.74, 6) is -0.405. The van der Waals surface area contributed by atoms with Crippen molar-refractivity contribution in [1.82, 2.24) is 15.0 Å². The van der Waals surface area contributed by atoms with Crippen molar-refractivity contribution in [1.29, 1.82) is 0 Å². The average molecular weight is 354 g/mol. The van der Waals surface area contributed by atoms with Gasteiger partial charge in [-0.05, 0) is 31.2 Å². The average Bonchev–Trinajstić information content (AvgIpc) is 2.52. The molecule has 0 aliphatic carbocycles. The van der Waals surface area contributed by atoms with Gasteiger partial charge >= 0.3 is 0 Å². The van der Waals surface area contributed by atoms with Crippen molar-refractivity contribution in [2.75, 3.05) is 13.1 Å². The second-order valence-electron chi connectivity index (χ2n) is 4.81. The van der Waals surface area contributed by atoms with Gasteiger partial charge in [-0.15, -0.1) is 0 Å². The minimum atomic E-state index is -3.59. The Hall–Kier alpha value is -1.96. The number of benzene rings is 1. The monoisotopic (exact) mass is 353 g/mol. The van der Waals surface area contributed by atoms with Gasteiger partial charge in [0.05, 0.1) is 10.5 Å². The molecule has 0 saturated heterocycles. The first kappa shape index (κ1) is 17.4. The lowest BCUT2D eigenvalue weighted by atomic mass is 10.2. The molecule has 0 radical (unpaired) electrons. The topological polar surface area (TPSA) is 88.2 Å². The number of hydrogen-bond donors (Lipinski definition) is 2. The molecule has 2 rings (SSSR count). The largest absolute Gasteiger partial charge is 0.351 e. The van der Waals surface area contributed by atoms with Crippen molar-refractivity contribution in [2.45, 2.75) is 11.8 Å². The highest BCUT2D eigenvalue weighted by molar-refractivity contribution is 7.89. The van der Waals surface area contributed by atoms with Crippen LogP contribution in [0.25, 0.3) is 0 Å². The molecule has 0 spiro atoms. The van der Waals surface area contributed by atoms with Crippen LogP contribution in [0.4, 0.5) is 0 Å². The predicted molar refractivity (Wildman–Crippen MR) is 87.9 cm³/mol. The van der Waals surface area contributed by atoms with Crippen molar-refractivity contribution >= 4 is 27.5 Å². The van der Waals surface area contributed by atoms with E-state index in [2.05, 4.69) is 15.0 Å². The summed E-state index contributed by atoms with van der Waals surface area (Å²) in [6.07, 6.45) is 1.48. The normalized spacial score (nSPS) is 11.2. The first-order valence-corrected chi connectivity index (χ1v) is 8.71. The zero-order valence-electron chi connectivity index (χ0n) is 12.4. The van der Waals surface area contributed by atoms with Crippen LogP contribution in [0.3, 0.4) is 0 Å². The van der Waals surface area contributed by atoms with Crippen LogP contribution in [0, 0.1) is 6.92 Å². The molecule has 0 aliphatic rings. The third-order valence-electron chi connectivity index (χ3n) is 3.04. The Kier molecular flexibility index (Phi) is 5.70. The Bertz CT molecular complexity index is 792. The van der Waals surface area contributed by atoms with Gasteiger partial charge in [0.2, 0.25) is 10.0 Å². The summed E-state index contributed by atoms with van der Waals surface area (Å²) in [5, 5.41) is 2.68. The zero-order chi connectivity index (χ0) is 16.9. The summed E-state index contributed by atoms with van der Waals surface area (Å²) in [4.78, 5) is 15.9. The molecule has 8 heteroatoms. The molecule has 0 unspecified atom stereocenters. The summed E-state index contributed by atoms with van der Waals surface area (Å²) >= 11 is 5.81. The number of hydrogen-bond acceptors (Lipinski definition) is 4. The Morgan fingerprint density at radius 3 is 2.52 bits per heavy atom. The van der Waals surface area contributed by atoms with Crippen LogP contribution >= 0.6 is 11.6 Å². The molecular formula is C15H16ClN3O3S. The molecule has 1 aromatic heterocycles. The van der Waals surface area contributed by atoms with E-state index in [0.717, 1.165) is 5.56 Å². The molecule has 1 heterocycles. The fourth-order valence-electron chi connectivity index (χ4n) is 1.81. The molecule has 0 bridgehead atoms. The van der Waals surface area contributed by atoms with Crippen LogP contribution in [0.5, 0.6) is 0 Å². The number of pyridine rings is 1. The Morgan fingerprint density at radius 2 is 1.87 bits per heavy atom. The SMILES string of the molecule is Cc1ccc(S(=O)(=O)NCCNC(=O)c2cccnc2Cl)cc1. The number of carbonyl (C=O) groups excluding carboxylic acids is 1. The van der Waals surface area contributed by atoms with Gasteiger partial charge in [0, 0.05) is 19.3 Å². The molecule has 0 fully saturated rings. The number of nitrogens with zero attached hydrogens (tertiary/aromatic N) is 1. The van der Waals surface area contributed by atoms with E-state index in [1.54, 1.807) is 24.3 Å². The standard InChI is InChI=1S/C15H16ClN3O3S/c1-11-4-6-12(7-5-11)23(21,22)19-10-9-18-15(20)13-3-2-8-17-14(13)16/h2-8,19H,9-10H2,1H3,(H,18,20). The summed E-state index contributed by atoms with van der Waals surface area (Å²) in [6, 6.07) is 9.65. The third-order valence-corrected chi connectivity index (χ3v) is 4.82. The van der Waals surface area contributed by atoms with E-state index < -0.39 is 15.9 Å². The maximum atomic E-state index is 12.1. The maximum Gasteiger partial charge on any atom is 0.254 e. The van der Waals surface area contributed by atoms with Crippen LogP contribution in [0.1, 0.15) is 15.9 Å². The minimum absolute atomic E-state index is 0.0693. The van der Waals surface area contributed by atoms with Gasteiger partial charge in [0.25, 0.3) is 5.91 Å². The minimum Gasteiger partial charge on any atom is -0.351 e. The van der Waals surface area contributed by atoms with Crippen LogP contribution in [0.2, 0.25) is 5.15 Å². The molecule has 0 aliphatic heterocycles. The predicted octanol–water partition coefficient (Wildman–Crippen LogP) is 1.75. The van der Waals surface area contributed by atoms with Crippen LogP contribution in [-0.2, 0) is 10.0 Å². The summed E-state index contributed by atoms with van der Waals surface area (Å²) < 4.78 is 26.5. The molecule has 1 aromatic carbocycles. The highest BCUT2D eigenvalue weighted by atomic mass is 35.5. The molecule has 6 nitrogen and oxygen atoms in total. The van der Waals surface area contributed by atoms with Gasteiger partial charge in [-0.1, -0.05) is 29.3 Å². The number of nitrogens with one attached hydrogen (secondary N) is 2. The third kappa shape index (κ3) is 4.75. The molecule has 0 atom stereocenters. The van der Waals surface area contributed by atoms with E-state index in [1.807, 2.05) is 6.92 Å². The van der Waals surface area contributed by atoms with Gasteiger partial charge < -0.3 is 5.32 Å². The maximum absolute atomic E-state index is 12.1. The number of amides is 1. The Labute approximate surface area is 139 Å². The van der Waals surface area contributed by atoms with E-state index >= 15 is 0 Å². The first-order chi connectivity index (χ1) is 10.9. The quantitative estimate of drug-likeness (QED) is 0.611. The number of aromatic nitrogens is 1. The molecule has 1 amide bonds. The Morgan fingerprint density at radius 1 is 1.17 bits per heavy atom. The first-order valence-electron chi connectivity index (χ1n) is 6.85. The van der Waals surface area contributed by atoms with Crippen molar-refractivity contribution in [2.24, 2.45) is 0 Å². The van der Waals surface area contributed by atoms with Crippen molar-refractivity contribution < 1.29 is 13.2 Å². The number of sulfonamides is 1. The van der Waals surface area contributed by atoms with Crippen molar-refractivity contribution in [3.05, 3.63) is 58.9 Å². The van der Waals surface area contributed by atoms with E-state index in [-0.39, 0.29) is 28.7 Å². The molecule has 2 aromatic rings. The molecule has 23 heavy (non-hydrogen) atoms. The fourth-order valence-corrected chi connectivity index (χ4v) is 3.05. The number of rotatable bonds is 6. The Balaban J connectivity index is 1.86. The van der Waals surface area contributed by atoms with E-state index in [9.17, 15) is 13.2 Å². The van der Waals surface area contributed by atoms with Crippen LogP contribution < -0.4 is 10.0 Å². The van der Waals surface area contributed by atoms with Crippen molar-refractivity contribution in [3.8, 4) is 0 Å². The van der Waals surface area contributed by atoms with Gasteiger partial charge in [0.15, 0.2) is 0 Å². The van der Waals surface area contributed by atoms with Gasteiger partial charge in [-0.3, -0.25) is 4.79 Å². The second-order valence-corrected chi connectivity index (χ2v) is 6.93. The highest BCUT2D eigenvalue weighted by Crippen LogP contribution is 2.11. The van der Waals surface area contributed by atoms with E-state index in [1.165, 1.54) is 18.3 Å². The zero-order valence-corrected chi connectivity index (χ0v) is 14.0. The van der Waals surface area contributed by atoms with Gasteiger partial charge in [-0.2, -0.15) is 0 Å². The molecular weight excluding hydrogens is 338 g/mol. The van der Waals surface area contributed by atoms with E-state index in [4.69, 9.17) is 11.6 Å². The van der Waals surface area contributed by atoms with Crippen molar-refractivity contribution in [3.63, 3.8) is 0 Å².